The highest BCUT2D eigenvalue weighted by molar-refractivity contribution is 5.06. The largest absolute Gasteiger partial charge is 0.391 e. The average Bonchev–Trinajstić information content (AvgIpc) is 2.42. The van der Waals surface area contributed by atoms with Crippen molar-refractivity contribution in [3.05, 3.63) is 0 Å². The van der Waals surface area contributed by atoms with Crippen LogP contribution in [-0.4, -0.2) is 11.2 Å². The fourth-order valence-electron chi connectivity index (χ4n) is 3.56. The third kappa shape index (κ3) is 4.48. The van der Waals surface area contributed by atoms with Crippen LogP contribution in [0, 0.1) is 28.1 Å². The van der Waals surface area contributed by atoms with Gasteiger partial charge >= 0.3 is 0 Å². The van der Waals surface area contributed by atoms with Crippen LogP contribution in [0.3, 0.4) is 0 Å². The molecule has 116 valence electrons. The molecule has 1 atom stereocenters. The first-order valence-corrected chi connectivity index (χ1v) is 8.45. The van der Waals surface area contributed by atoms with E-state index in [0.29, 0.717) is 11.3 Å². The number of nitrogens with zero attached hydrogens (tertiary/aromatic N) is 1. The fraction of sp³-hybridized carbons (Fsp3) is 0.944. The minimum Gasteiger partial charge on any atom is -0.391 e. The van der Waals surface area contributed by atoms with Gasteiger partial charge in [-0.05, 0) is 43.4 Å². The van der Waals surface area contributed by atoms with Gasteiger partial charge in [-0.15, -0.1) is 0 Å². The molecule has 0 aliphatic heterocycles. The van der Waals surface area contributed by atoms with E-state index in [2.05, 4.69) is 33.8 Å². The van der Waals surface area contributed by atoms with E-state index in [1.54, 1.807) is 0 Å². The van der Waals surface area contributed by atoms with Crippen molar-refractivity contribution in [1.29, 1.82) is 5.26 Å². The lowest BCUT2D eigenvalue weighted by molar-refractivity contribution is 0.00379. The molecule has 0 saturated heterocycles. The van der Waals surface area contributed by atoms with Gasteiger partial charge in [0.1, 0.15) is 0 Å². The lowest BCUT2D eigenvalue weighted by Crippen LogP contribution is -2.40. The number of nitriles is 1. The molecular weight excluding hydrogens is 246 g/mol. The van der Waals surface area contributed by atoms with Gasteiger partial charge < -0.3 is 5.11 Å². The summed E-state index contributed by atoms with van der Waals surface area (Å²) in [5, 5.41) is 20.1. The number of hydrogen-bond donors (Lipinski definition) is 1. The summed E-state index contributed by atoms with van der Waals surface area (Å²) in [4.78, 5) is 0. The molecule has 0 aromatic rings. The first-order valence-electron chi connectivity index (χ1n) is 8.45. The molecule has 20 heavy (non-hydrogen) atoms. The van der Waals surface area contributed by atoms with Gasteiger partial charge in [-0.1, -0.05) is 53.4 Å². The Morgan fingerprint density at radius 3 is 2.25 bits per heavy atom. The van der Waals surface area contributed by atoms with Crippen molar-refractivity contribution in [1.82, 2.24) is 0 Å². The minimum atomic E-state index is -0.464. The lowest BCUT2D eigenvalue weighted by atomic mass is 9.62. The molecule has 0 radical (unpaired) electrons. The van der Waals surface area contributed by atoms with E-state index in [1.807, 2.05) is 0 Å². The second-order valence-corrected chi connectivity index (χ2v) is 7.77. The summed E-state index contributed by atoms with van der Waals surface area (Å²) in [6, 6.07) is 2.48. The van der Waals surface area contributed by atoms with Crippen LogP contribution >= 0.6 is 0 Å². The topological polar surface area (TPSA) is 44.0 Å². The third-order valence-electron chi connectivity index (χ3n) is 5.29. The Morgan fingerprint density at radius 1 is 1.20 bits per heavy atom. The summed E-state index contributed by atoms with van der Waals surface area (Å²) in [6.07, 6.45) is 8.98. The maximum Gasteiger partial charge on any atom is 0.0832 e. The van der Waals surface area contributed by atoms with Crippen molar-refractivity contribution in [3.8, 4) is 6.07 Å². The predicted molar refractivity (Wildman–Crippen MR) is 84.2 cm³/mol. The van der Waals surface area contributed by atoms with Crippen LogP contribution in [0.1, 0.15) is 85.5 Å². The van der Waals surface area contributed by atoms with Crippen molar-refractivity contribution >= 4 is 0 Å². The van der Waals surface area contributed by atoms with Crippen LogP contribution in [0.25, 0.3) is 0 Å². The summed E-state index contributed by atoms with van der Waals surface area (Å²) in [7, 11) is 0. The Balaban J connectivity index is 2.51. The van der Waals surface area contributed by atoms with Crippen molar-refractivity contribution in [2.75, 3.05) is 0 Å². The lowest BCUT2D eigenvalue weighted by Gasteiger charge is -2.42. The maximum atomic E-state index is 10.5. The van der Waals surface area contributed by atoms with E-state index in [0.717, 1.165) is 38.5 Å². The number of rotatable bonds is 6. The fourth-order valence-corrected chi connectivity index (χ4v) is 3.56. The van der Waals surface area contributed by atoms with Gasteiger partial charge in [-0.25, -0.2) is 0 Å². The average molecular weight is 279 g/mol. The van der Waals surface area contributed by atoms with Crippen molar-refractivity contribution in [2.24, 2.45) is 16.7 Å². The minimum absolute atomic E-state index is 0.327. The Labute approximate surface area is 125 Å². The van der Waals surface area contributed by atoms with Crippen LogP contribution < -0.4 is 0 Å². The molecular formula is C18H33NO. The molecule has 0 aromatic heterocycles. The monoisotopic (exact) mass is 279 g/mol. The number of hydrogen-bond acceptors (Lipinski definition) is 2. The highest BCUT2D eigenvalue weighted by Gasteiger charge is 2.43. The van der Waals surface area contributed by atoms with Gasteiger partial charge in [-0.3, -0.25) is 0 Å². The summed E-state index contributed by atoms with van der Waals surface area (Å²) in [5.41, 5.74) is -0.137. The highest BCUT2D eigenvalue weighted by atomic mass is 16.3. The molecule has 2 nitrogen and oxygen atoms in total. The predicted octanol–water partition coefficient (Wildman–Crippen LogP) is 5.06. The van der Waals surface area contributed by atoms with Crippen molar-refractivity contribution in [3.63, 3.8) is 0 Å². The molecule has 1 aliphatic carbocycles. The molecule has 1 aliphatic rings. The molecule has 1 fully saturated rings. The Kier molecular flexibility index (Phi) is 6.52. The van der Waals surface area contributed by atoms with Gasteiger partial charge in [-0.2, -0.15) is 5.26 Å². The second kappa shape index (κ2) is 7.46. The van der Waals surface area contributed by atoms with Gasteiger partial charge in [0.25, 0.3) is 0 Å². The normalized spacial score (nSPS) is 28.9. The van der Waals surface area contributed by atoms with Gasteiger partial charge in [0, 0.05) is 0 Å². The zero-order valence-electron chi connectivity index (χ0n) is 13.9. The van der Waals surface area contributed by atoms with Crippen LogP contribution in [0.4, 0.5) is 0 Å². The van der Waals surface area contributed by atoms with E-state index in [4.69, 9.17) is 0 Å². The Hall–Kier alpha value is -0.550. The molecule has 0 aromatic carbocycles. The maximum absolute atomic E-state index is 10.5. The van der Waals surface area contributed by atoms with Crippen molar-refractivity contribution in [2.45, 2.75) is 91.6 Å². The Bertz CT molecular complexity index is 315. The molecule has 1 unspecified atom stereocenters. The zero-order chi connectivity index (χ0) is 15.2. The molecule has 0 bridgehead atoms. The molecule has 2 heteroatoms. The van der Waals surface area contributed by atoms with E-state index in [1.165, 1.54) is 19.3 Å². The Morgan fingerprint density at radius 2 is 1.80 bits per heavy atom. The van der Waals surface area contributed by atoms with Crippen LogP contribution in [0.5, 0.6) is 0 Å². The SMILES string of the molecule is CCCCCCC(O)C1(C#N)CCC(C(C)(C)C)CC1. The van der Waals surface area contributed by atoms with E-state index < -0.39 is 11.5 Å². The van der Waals surface area contributed by atoms with Crippen LogP contribution in [0.2, 0.25) is 0 Å². The van der Waals surface area contributed by atoms with E-state index >= 15 is 0 Å². The summed E-state index contributed by atoms with van der Waals surface area (Å²) in [5.74, 6) is 0.691. The quantitative estimate of drug-likeness (QED) is 0.690. The highest BCUT2D eigenvalue weighted by Crippen LogP contribution is 2.47. The number of aliphatic hydroxyl groups excluding tert-OH is 1. The molecule has 1 saturated carbocycles. The van der Waals surface area contributed by atoms with Crippen LogP contribution in [-0.2, 0) is 0 Å². The van der Waals surface area contributed by atoms with Gasteiger partial charge in [0.05, 0.1) is 17.6 Å². The molecule has 0 spiro atoms. The third-order valence-corrected chi connectivity index (χ3v) is 5.29. The summed E-state index contributed by atoms with van der Waals surface area (Å²) >= 11 is 0. The standard InChI is InChI=1S/C18H33NO/c1-5-6-7-8-9-16(20)18(14-19)12-10-15(11-13-18)17(2,3)4/h15-16,20H,5-13H2,1-4H3. The summed E-state index contributed by atoms with van der Waals surface area (Å²) < 4.78 is 0. The molecule has 1 rings (SSSR count). The number of unbranched alkanes of at least 4 members (excludes halogenated alkanes) is 3. The zero-order valence-corrected chi connectivity index (χ0v) is 13.9. The molecule has 1 N–H and O–H groups in total. The summed E-state index contributed by atoms with van der Waals surface area (Å²) in [6.45, 7) is 9.07. The van der Waals surface area contributed by atoms with Crippen LogP contribution in [0.15, 0.2) is 0 Å². The van der Waals surface area contributed by atoms with E-state index in [9.17, 15) is 10.4 Å². The van der Waals surface area contributed by atoms with E-state index in [-0.39, 0.29) is 0 Å². The molecule has 0 amide bonds. The first kappa shape index (κ1) is 17.5. The number of aliphatic hydroxyl groups is 1. The van der Waals surface area contributed by atoms with Crippen molar-refractivity contribution < 1.29 is 5.11 Å². The van der Waals surface area contributed by atoms with Gasteiger partial charge in [0.2, 0.25) is 0 Å². The second-order valence-electron chi connectivity index (χ2n) is 7.77. The molecule has 0 heterocycles. The van der Waals surface area contributed by atoms with Gasteiger partial charge in [0.15, 0.2) is 0 Å². The first-order chi connectivity index (χ1) is 9.35. The smallest absolute Gasteiger partial charge is 0.0832 e.